The van der Waals surface area contributed by atoms with Crippen LogP contribution in [0.3, 0.4) is 0 Å². The lowest BCUT2D eigenvalue weighted by molar-refractivity contribution is 0.585. The van der Waals surface area contributed by atoms with E-state index in [0.717, 1.165) is 12.1 Å². The molecule has 0 bridgehead atoms. The molecule has 0 spiro atoms. The van der Waals surface area contributed by atoms with Gasteiger partial charge in [-0.15, -0.1) is 0 Å². The molecule has 1 aromatic carbocycles. The van der Waals surface area contributed by atoms with E-state index in [-0.39, 0.29) is 27.5 Å². The summed E-state index contributed by atoms with van der Waals surface area (Å²) in [6, 6.07) is 5.22. The molecule has 3 aromatic rings. The molecule has 128 valence electrons. The highest BCUT2D eigenvalue weighted by Gasteiger charge is 2.21. The molecule has 0 radical (unpaired) electrons. The molecule has 0 atom stereocenters. The Labute approximate surface area is 147 Å². The van der Waals surface area contributed by atoms with Crippen LogP contribution in [0.5, 0.6) is 0 Å². The number of fused-ring (bicyclic) bond motifs is 1. The summed E-state index contributed by atoms with van der Waals surface area (Å²) in [5, 5.41) is 16.5. The van der Waals surface area contributed by atoms with E-state index in [2.05, 4.69) is 15.4 Å². The summed E-state index contributed by atoms with van der Waals surface area (Å²) in [5.74, 6) is -0.758. The molecule has 0 saturated heterocycles. The number of rotatable bonds is 4. The van der Waals surface area contributed by atoms with Crippen molar-refractivity contribution < 1.29 is 8.78 Å². The first-order chi connectivity index (χ1) is 11.9. The maximum atomic E-state index is 14.3. The van der Waals surface area contributed by atoms with Crippen molar-refractivity contribution in [2.24, 2.45) is 5.92 Å². The summed E-state index contributed by atoms with van der Waals surface area (Å²) in [7, 11) is 0. The van der Waals surface area contributed by atoms with E-state index in [1.54, 1.807) is 0 Å². The fraction of sp³-hybridized carbons (Fsp3) is 0.235. The van der Waals surface area contributed by atoms with Crippen LogP contribution in [0.25, 0.3) is 16.8 Å². The Morgan fingerprint density at radius 3 is 2.76 bits per heavy atom. The molecular formula is C17H14ClF2N5. The smallest absolute Gasteiger partial charge is 0.176 e. The Morgan fingerprint density at radius 2 is 2.12 bits per heavy atom. The molecule has 0 aliphatic rings. The van der Waals surface area contributed by atoms with Gasteiger partial charge < -0.3 is 5.32 Å². The maximum absolute atomic E-state index is 14.3. The van der Waals surface area contributed by atoms with E-state index in [4.69, 9.17) is 11.6 Å². The second-order valence-corrected chi connectivity index (χ2v) is 6.29. The average Bonchev–Trinajstić information content (AvgIpc) is 2.95. The molecule has 0 aliphatic carbocycles. The van der Waals surface area contributed by atoms with Crippen molar-refractivity contribution in [1.82, 2.24) is 14.6 Å². The largest absolute Gasteiger partial charge is 0.369 e. The first kappa shape index (κ1) is 17.1. The van der Waals surface area contributed by atoms with Crippen LogP contribution in [0.4, 0.5) is 14.6 Å². The SMILES string of the molecule is CC(C)CNc1c(-c2ccc(F)cc2F)c(Cl)nc2c(C#N)cnn12. The molecule has 8 heteroatoms. The van der Waals surface area contributed by atoms with Crippen LogP contribution in [0, 0.1) is 28.9 Å². The number of halogens is 3. The van der Waals surface area contributed by atoms with Gasteiger partial charge in [-0.3, -0.25) is 0 Å². The Kier molecular flexibility index (Phi) is 4.55. The Balaban J connectivity index is 2.31. The predicted molar refractivity (Wildman–Crippen MR) is 91.4 cm³/mol. The number of anilines is 1. The van der Waals surface area contributed by atoms with Crippen LogP contribution in [-0.4, -0.2) is 21.1 Å². The first-order valence-electron chi connectivity index (χ1n) is 7.59. The molecule has 0 amide bonds. The van der Waals surface area contributed by atoms with Crippen LogP contribution in [-0.2, 0) is 0 Å². The lowest BCUT2D eigenvalue weighted by atomic mass is 10.1. The number of nitrogens with zero attached hydrogens (tertiary/aromatic N) is 4. The molecule has 0 aliphatic heterocycles. The van der Waals surface area contributed by atoms with E-state index in [9.17, 15) is 14.0 Å². The Bertz CT molecular complexity index is 991. The molecule has 1 N–H and O–H groups in total. The summed E-state index contributed by atoms with van der Waals surface area (Å²) < 4.78 is 29.0. The van der Waals surface area contributed by atoms with Gasteiger partial charge in [0.25, 0.3) is 0 Å². The molecule has 25 heavy (non-hydrogen) atoms. The van der Waals surface area contributed by atoms with Crippen molar-refractivity contribution in [3.05, 3.63) is 46.7 Å². The van der Waals surface area contributed by atoms with Crippen LogP contribution in [0.15, 0.2) is 24.4 Å². The van der Waals surface area contributed by atoms with Crippen molar-refractivity contribution in [2.45, 2.75) is 13.8 Å². The predicted octanol–water partition coefficient (Wildman–Crippen LogP) is 4.27. The van der Waals surface area contributed by atoms with Crippen LogP contribution in [0.2, 0.25) is 5.15 Å². The number of hydrogen-bond donors (Lipinski definition) is 1. The van der Waals surface area contributed by atoms with E-state index >= 15 is 0 Å². The van der Waals surface area contributed by atoms with E-state index in [1.165, 1.54) is 16.8 Å². The first-order valence-corrected chi connectivity index (χ1v) is 7.96. The summed E-state index contributed by atoms with van der Waals surface area (Å²) >= 11 is 6.29. The van der Waals surface area contributed by atoms with Crippen LogP contribution >= 0.6 is 11.6 Å². The fourth-order valence-corrected chi connectivity index (χ4v) is 2.71. The highest BCUT2D eigenvalue weighted by molar-refractivity contribution is 6.33. The molecule has 2 heterocycles. The number of aromatic nitrogens is 3. The maximum Gasteiger partial charge on any atom is 0.176 e. The zero-order valence-electron chi connectivity index (χ0n) is 13.5. The molecule has 3 rings (SSSR count). The second-order valence-electron chi connectivity index (χ2n) is 5.93. The lowest BCUT2D eigenvalue weighted by Gasteiger charge is -2.17. The average molecular weight is 362 g/mol. The van der Waals surface area contributed by atoms with Gasteiger partial charge in [0.1, 0.15) is 34.2 Å². The van der Waals surface area contributed by atoms with Crippen molar-refractivity contribution in [3.8, 4) is 17.2 Å². The monoisotopic (exact) mass is 361 g/mol. The third-order valence-electron chi connectivity index (χ3n) is 3.60. The zero-order chi connectivity index (χ0) is 18.1. The molecular weight excluding hydrogens is 348 g/mol. The third kappa shape index (κ3) is 3.13. The normalized spacial score (nSPS) is 11.1. The molecule has 0 saturated carbocycles. The van der Waals surface area contributed by atoms with Crippen LogP contribution < -0.4 is 5.32 Å². The van der Waals surface area contributed by atoms with Gasteiger partial charge in [-0.25, -0.2) is 13.8 Å². The molecule has 0 fully saturated rings. The lowest BCUT2D eigenvalue weighted by Crippen LogP contribution is -2.14. The minimum absolute atomic E-state index is 0.00117. The van der Waals surface area contributed by atoms with Gasteiger partial charge in [0.05, 0.1) is 11.8 Å². The second kappa shape index (κ2) is 6.65. The third-order valence-corrected chi connectivity index (χ3v) is 3.87. The summed E-state index contributed by atoms with van der Waals surface area (Å²) in [6.45, 7) is 4.58. The van der Waals surface area contributed by atoms with Gasteiger partial charge in [0.2, 0.25) is 0 Å². The molecule has 0 unspecified atom stereocenters. The highest BCUT2D eigenvalue weighted by Crippen LogP contribution is 2.36. The Morgan fingerprint density at radius 1 is 1.36 bits per heavy atom. The minimum atomic E-state index is -0.761. The number of benzene rings is 1. The van der Waals surface area contributed by atoms with Gasteiger partial charge in [-0.05, 0) is 18.1 Å². The topological polar surface area (TPSA) is 66.0 Å². The standard InChI is InChI=1S/C17H14ClF2N5/c1-9(2)7-22-17-14(12-4-3-11(19)5-13(12)20)15(18)24-16-10(6-21)8-23-25(16)17/h3-5,8-9,22H,7H2,1-2H3. The summed E-state index contributed by atoms with van der Waals surface area (Å²) in [5.41, 5.74) is 0.881. The highest BCUT2D eigenvalue weighted by atomic mass is 35.5. The molecule has 2 aromatic heterocycles. The van der Waals surface area contributed by atoms with Gasteiger partial charge in [-0.2, -0.15) is 14.9 Å². The minimum Gasteiger partial charge on any atom is -0.369 e. The number of nitrogens with one attached hydrogen (secondary N) is 1. The van der Waals surface area contributed by atoms with E-state index in [1.807, 2.05) is 19.9 Å². The zero-order valence-corrected chi connectivity index (χ0v) is 14.3. The fourth-order valence-electron chi connectivity index (χ4n) is 2.44. The van der Waals surface area contributed by atoms with Crippen molar-refractivity contribution in [1.29, 1.82) is 5.26 Å². The summed E-state index contributed by atoms with van der Waals surface area (Å²) in [6.07, 6.45) is 1.37. The molecule has 5 nitrogen and oxygen atoms in total. The van der Waals surface area contributed by atoms with Gasteiger partial charge in [0, 0.05) is 18.2 Å². The van der Waals surface area contributed by atoms with E-state index < -0.39 is 11.6 Å². The Hall–Kier alpha value is -2.72. The van der Waals surface area contributed by atoms with E-state index in [0.29, 0.717) is 18.3 Å². The van der Waals surface area contributed by atoms with Gasteiger partial charge in [0.15, 0.2) is 5.65 Å². The summed E-state index contributed by atoms with van der Waals surface area (Å²) in [4.78, 5) is 4.18. The van der Waals surface area contributed by atoms with Crippen LogP contribution in [0.1, 0.15) is 19.4 Å². The number of hydrogen-bond acceptors (Lipinski definition) is 4. The van der Waals surface area contributed by atoms with Crippen molar-refractivity contribution >= 4 is 23.1 Å². The van der Waals surface area contributed by atoms with Crippen molar-refractivity contribution in [2.75, 3.05) is 11.9 Å². The number of nitriles is 1. The quantitative estimate of drug-likeness (QED) is 0.705. The van der Waals surface area contributed by atoms with Gasteiger partial charge in [-0.1, -0.05) is 25.4 Å². The van der Waals surface area contributed by atoms with Gasteiger partial charge >= 0.3 is 0 Å². The van der Waals surface area contributed by atoms with Crippen molar-refractivity contribution in [3.63, 3.8) is 0 Å².